The summed E-state index contributed by atoms with van der Waals surface area (Å²) in [6.07, 6.45) is -1.76. The summed E-state index contributed by atoms with van der Waals surface area (Å²) in [6.45, 7) is 11.2. The Morgan fingerprint density at radius 1 is 0.742 bits per heavy atom. The zero-order valence-electron chi connectivity index (χ0n) is 19.2. The number of hydrogen-bond donors (Lipinski definition) is 3. The molecule has 0 unspecified atom stereocenters. The van der Waals surface area contributed by atoms with Crippen molar-refractivity contribution in [3.05, 3.63) is 35.9 Å². The van der Waals surface area contributed by atoms with E-state index in [-0.39, 0.29) is 32.2 Å². The maximum Gasteiger partial charge on any atom is 0.407 e. The largest absolute Gasteiger partial charge is 0.445 e. The first kappa shape index (κ1) is 26.1. The van der Waals surface area contributed by atoms with E-state index >= 15 is 0 Å². The molecule has 0 atom stereocenters. The van der Waals surface area contributed by atoms with Gasteiger partial charge in [0.05, 0.1) is 0 Å². The molecule has 1 rings (SSSR count). The van der Waals surface area contributed by atoms with Crippen molar-refractivity contribution < 1.29 is 28.6 Å². The first-order valence-corrected chi connectivity index (χ1v) is 10.2. The van der Waals surface area contributed by atoms with Gasteiger partial charge in [-0.1, -0.05) is 30.3 Å². The Hall–Kier alpha value is -2.97. The molecule has 0 aliphatic rings. The van der Waals surface area contributed by atoms with Gasteiger partial charge < -0.3 is 30.2 Å². The molecule has 0 spiro atoms. The van der Waals surface area contributed by atoms with Crippen molar-refractivity contribution in [1.82, 2.24) is 16.0 Å². The molecular weight excluding hydrogens is 402 g/mol. The minimum Gasteiger partial charge on any atom is -0.445 e. The van der Waals surface area contributed by atoms with E-state index in [2.05, 4.69) is 16.0 Å². The lowest BCUT2D eigenvalue weighted by molar-refractivity contribution is 0.0509. The van der Waals surface area contributed by atoms with Crippen LogP contribution in [-0.4, -0.2) is 49.1 Å². The van der Waals surface area contributed by atoms with Crippen LogP contribution in [0.3, 0.4) is 0 Å². The van der Waals surface area contributed by atoms with Crippen LogP contribution in [0.15, 0.2) is 30.3 Å². The molecule has 0 saturated carbocycles. The standard InChI is InChI=1S/C22H35N3O6/c1-21(2,3)30-19(27)24-13-17(14-25-20(28)31-22(4,5)6)12-23-18(26)29-15-16-10-8-7-9-11-16/h7-11,17H,12-15H2,1-6H3,(H,23,26)(H,24,27)(H,25,28). The third kappa shape index (κ3) is 13.8. The van der Waals surface area contributed by atoms with E-state index in [0.717, 1.165) is 5.56 Å². The number of benzene rings is 1. The van der Waals surface area contributed by atoms with Gasteiger partial charge in [0.25, 0.3) is 0 Å². The van der Waals surface area contributed by atoms with Gasteiger partial charge in [0, 0.05) is 25.6 Å². The van der Waals surface area contributed by atoms with Crippen LogP contribution < -0.4 is 16.0 Å². The molecule has 0 fully saturated rings. The normalized spacial score (nSPS) is 11.5. The van der Waals surface area contributed by atoms with Gasteiger partial charge >= 0.3 is 18.3 Å². The number of hydrogen-bond acceptors (Lipinski definition) is 6. The first-order chi connectivity index (χ1) is 14.3. The Labute approximate surface area is 184 Å². The highest BCUT2D eigenvalue weighted by Crippen LogP contribution is 2.08. The van der Waals surface area contributed by atoms with E-state index < -0.39 is 29.5 Å². The third-order valence-corrected chi connectivity index (χ3v) is 3.62. The highest BCUT2D eigenvalue weighted by molar-refractivity contribution is 5.69. The summed E-state index contributed by atoms with van der Waals surface area (Å²) in [5, 5.41) is 7.95. The molecular formula is C22H35N3O6. The monoisotopic (exact) mass is 437 g/mol. The predicted octanol–water partition coefficient (Wildman–Crippen LogP) is 3.58. The molecule has 3 amide bonds. The van der Waals surface area contributed by atoms with Crippen LogP contribution in [0.4, 0.5) is 14.4 Å². The van der Waals surface area contributed by atoms with Gasteiger partial charge in [0.15, 0.2) is 0 Å². The van der Waals surface area contributed by atoms with E-state index in [1.807, 2.05) is 30.3 Å². The van der Waals surface area contributed by atoms with Crippen LogP contribution in [-0.2, 0) is 20.8 Å². The number of rotatable bonds is 8. The van der Waals surface area contributed by atoms with Crippen LogP contribution in [0.5, 0.6) is 0 Å². The molecule has 174 valence electrons. The van der Waals surface area contributed by atoms with Gasteiger partial charge in [-0.15, -0.1) is 0 Å². The molecule has 1 aromatic carbocycles. The molecule has 9 heteroatoms. The Bertz CT molecular complexity index is 678. The van der Waals surface area contributed by atoms with Crippen LogP contribution in [0.2, 0.25) is 0 Å². The molecule has 0 aliphatic heterocycles. The van der Waals surface area contributed by atoms with Gasteiger partial charge in [-0.2, -0.15) is 0 Å². The van der Waals surface area contributed by atoms with Crippen LogP contribution in [0, 0.1) is 5.92 Å². The second kappa shape index (κ2) is 12.0. The molecule has 0 aromatic heterocycles. The molecule has 0 bridgehead atoms. The highest BCUT2D eigenvalue weighted by atomic mass is 16.6. The fourth-order valence-corrected chi connectivity index (χ4v) is 2.30. The minimum absolute atomic E-state index is 0.143. The summed E-state index contributed by atoms with van der Waals surface area (Å²) < 4.78 is 15.6. The molecule has 0 saturated heterocycles. The summed E-state index contributed by atoms with van der Waals surface area (Å²) in [5.74, 6) is -0.315. The average molecular weight is 438 g/mol. The second-order valence-corrected chi connectivity index (χ2v) is 9.07. The van der Waals surface area contributed by atoms with E-state index in [1.165, 1.54) is 0 Å². The van der Waals surface area contributed by atoms with Crippen molar-refractivity contribution in [2.75, 3.05) is 19.6 Å². The number of carbonyl (C=O) groups is 3. The molecule has 31 heavy (non-hydrogen) atoms. The van der Waals surface area contributed by atoms with Crippen molar-refractivity contribution in [3.63, 3.8) is 0 Å². The van der Waals surface area contributed by atoms with Gasteiger partial charge in [0.2, 0.25) is 0 Å². The molecule has 3 N–H and O–H groups in total. The lowest BCUT2D eigenvalue weighted by Crippen LogP contribution is -2.44. The quantitative estimate of drug-likeness (QED) is 0.536. The number of carbonyl (C=O) groups excluding carboxylic acids is 3. The summed E-state index contributed by atoms with van der Waals surface area (Å²) in [6, 6.07) is 9.30. The smallest absolute Gasteiger partial charge is 0.407 e. The number of amides is 3. The number of nitrogens with one attached hydrogen (secondary N) is 3. The molecule has 0 aliphatic carbocycles. The van der Waals surface area contributed by atoms with Crippen molar-refractivity contribution in [1.29, 1.82) is 0 Å². The van der Waals surface area contributed by atoms with Crippen molar-refractivity contribution in [2.45, 2.75) is 59.4 Å². The number of ether oxygens (including phenoxy) is 3. The summed E-state index contributed by atoms with van der Waals surface area (Å²) in [5.41, 5.74) is -0.394. The lowest BCUT2D eigenvalue weighted by atomic mass is 10.1. The highest BCUT2D eigenvalue weighted by Gasteiger charge is 2.20. The zero-order valence-corrected chi connectivity index (χ0v) is 19.2. The Morgan fingerprint density at radius 3 is 1.58 bits per heavy atom. The first-order valence-electron chi connectivity index (χ1n) is 10.2. The maximum atomic E-state index is 12.0. The van der Waals surface area contributed by atoms with E-state index in [9.17, 15) is 14.4 Å². The topological polar surface area (TPSA) is 115 Å². The van der Waals surface area contributed by atoms with Crippen molar-refractivity contribution >= 4 is 18.3 Å². The molecule has 9 nitrogen and oxygen atoms in total. The molecule has 0 heterocycles. The molecule has 1 aromatic rings. The zero-order chi connectivity index (χ0) is 23.5. The van der Waals surface area contributed by atoms with E-state index in [0.29, 0.717) is 0 Å². The number of alkyl carbamates (subject to hydrolysis) is 3. The Balaban J connectivity index is 2.54. The van der Waals surface area contributed by atoms with Crippen molar-refractivity contribution in [2.24, 2.45) is 5.92 Å². The second-order valence-electron chi connectivity index (χ2n) is 9.07. The maximum absolute atomic E-state index is 12.0. The average Bonchev–Trinajstić information content (AvgIpc) is 2.63. The van der Waals surface area contributed by atoms with Crippen molar-refractivity contribution in [3.8, 4) is 0 Å². The fourth-order valence-electron chi connectivity index (χ4n) is 2.30. The minimum atomic E-state index is -0.631. The SMILES string of the molecule is CC(C)(C)OC(=O)NCC(CNC(=O)OCc1ccccc1)CNC(=O)OC(C)(C)C. The van der Waals surface area contributed by atoms with Gasteiger partial charge in [-0.05, 0) is 47.1 Å². The molecule has 0 radical (unpaired) electrons. The van der Waals surface area contributed by atoms with Gasteiger partial charge in [-0.25, -0.2) is 14.4 Å². The van der Waals surface area contributed by atoms with Crippen LogP contribution >= 0.6 is 0 Å². The van der Waals surface area contributed by atoms with Gasteiger partial charge in [-0.3, -0.25) is 0 Å². The summed E-state index contributed by atoms with van der Waals surface area (Å²) in [4.78, 5) is 35.9. The third-order valence-electron chi connectivity index (χ3n) is 3.62. The van der Waals surface area contributed by atoms with E-state index in [1.54, 1.807) is 41.5 Å². The Morgan fingerprint density at radius 2 is 1.16 bits per heavy atom. The fraction of sp³-hybridized carbons (Fsp3) is 0.591. The van der Waals surface area contributed by atoms with E-state index in [4.69, 9.17) is 14.2 Å². The van der Waals surface area contributed by atoms with Crippen LogP contribution in [0.25, 0.3) is 0 Å². The van der Waals surface area contributed by atoms with Gasteiger partial charge in [0.1, 0.15) is 17.8 Å². The Kier molecular flexibility index (Phi) is 10.1. The van der Waals surface area contributed by atoms with Crippen LogP contribution in [0.1, 0.15) is 47.1 Å². The summed E-state index contributed by atoms with van der Waals surface area (Å²) in [7, 11) is 0. The lowest BCUT2D eigenvalue weighted by Gasteiger charge is -2.23. The summed E-state index contributed by atoms with van der Waals surface area (Å²) >= 11 is 0. The predicted molar refractivity (Wildman–Crippen MR) is 117 cm³/mol.